The highest BCUT2D eigenvalue weighted by atomic mass is 32.2. The summed E-state index contributed by atoms with van der Waals surface area (Å²) in [6.45, 7) is 2.54. The number of carboxylic acid groups (broad SMARTS) is 2. The predicted octanol–water partition coefficient (Wildman–Crippen LogP) is 6.99. The second kappa shape index (κ2) is 20.0. The molecule has 0 aliphatic rings. The first-order valence-electron chi connectivity index (χ1n) is 19.4. The molecule has 0 aliphatic carbocycles. The van der Waals surface area contributed by atoms with Gasteiger partial charge in [0, 0.05) is 23.1 Å². The lowest BCUT2D eigenvalue weighted by molar-refractivity contribution is 0.0683. The van der Waals surface area contributed by atoms with Gasteiger partial charge in [0.25, 0.3) is 20.2 Å². The Morgan fingerprint density at radius 1 is 0.691 bits per heavy atom. The molecule has 1 unspecified atom stereocenters. The second-order valence-corrected chi connectivity index (χ2v) is 17.1. The number of aryl methyl sites for hydroxylation is 2. The second-order valence-electron chi connectivity index (χ2n) is 14.3. The normalized spacial score (nSPS) is 12.7. The van der Waals surface area contributed by atoms with Crippen LogP contribution in [0.15, 0.2) is 107 Å². The Hall–Kier alpha value is -7.79. The highest BCUT2D eigenvalue weighted by Crippen LogP contribution is 2.46. The minimum atomic E-state index is -5.18. The van der Waals surface area contributed by atoms with Crippen molar-refractivity contribution in [3.8, 4) is 28.8 Å². The molecule has 5 aromatic carbocycles. The first kappa shape index (κ1) is 49.6. The summed E-state index contributed by atoms with van der Waals surface area (Å²) in [6.07, 6.45) is -1.37. The maximum Gasteiger partial charge on any atom is 0.358 e. The Bertz CT molecular complexity index is 3320. The third kappa shape index (κ3) is 10.6. The molecular weight excluding hydrogens is 941 g/mol. The van der Waals surface area contributed by atoms with Crippen LogP contribution in [0.25, 0.3) is 16.5 Å². The van der Waals surface area contributed by atoms with E-state index >= 15 is 0 Å². The van der Waals surface area contributed by atoms with Gasteiger partial charge >= 0.3 is 11.9 Å². The number of aromatic nitrogens is 2. The van der Waals surface area contributed by atoms with Crippen LogP contribution >= 0.6 is 0 Å². The van der Waals surface area contributed by atoms with Crippen LogP contribution < -0.4 is 9.47 Å². The maximum absolute atomic E-state index is 12.7. The van der Waals surface area contributed by atoms with Crippen molar-refractivity contribution in [2.45, 2.75) is 36.7 Å². The standard InChI is InChI=1S/C41H38N8O17S2/c1-19-5-4-6-24(40(55)56)34(19)45-43-28-17-31(66-12-10-51)29(18-30(28)65-11-9-50)44-46-35-33(68(62,63)64)14-22-7-8-23(15-26(22)38(35)53)49-39(54)36(37(48-49)41(57)58)47-42-27-13-20(2)32(67(59,60)61)16-25(27)21(3)52/h4-8,13-18,21,50-54H,9-12H2,1-3H3,(H,55,56)(H,57,58)(H,59,60,61)(H,62,63,64). The number of phenols is 1. The van der Waals surface area contributed by atoms with E-state index in [1.807, 2.05) is 0 Å². The smallest absolute Gasteiger partial charge is 0.358 e. The molecule has 25 nitrogen and oxygen atoms in total. The van der Waals surface area contributed by atoms with Crippen molar-refractivity contribution >= 4 is 77.1 Å². The number of hydrogen-bond donors (Lipinski definition) is 9. The largest absolute Gasteiger partial charge is 0.505 e. The molecule has 0 spiro atoms. The fourth-order valence-corrected chi connectivity index (χ4v) is 7.87. The topological polar surface area (TPSA) is 395 Å². The van der Waals surface area contributed by atoms with Gasteiger partial charge < -0.3 is 45.2 Å². The SMILES string of the molecule is Cc1cc(N=Nc2c(C(=O)O)nn(-c3ccc4cc(S(=O)(=O)O)c(N=Nc5cc(OCCO)c(N=Nc6c(C)cccc6C(=O)O)cc5OCCO)c(O)c4c3)c2O)c(C(C)O)cc1S(=O)(=O)O. The summed E-state index contributed by atoms with van der Waals surface area (Å²) in [5, 5.41) is 99.6. The van der Waals surface area contributed by atoms with E-state index in [2.05, 4.69) is 35.8 Å². The van der Waals surface area contributed by atoms with Crippen molar-refractivity contribution in [1.29, 1.82) is 0 Å². The minimum absolute atomic E-state index is 0.00440. The molecule has 0 radical (unpaired) electrons. The van der Waals surface area contributed by atoms with Crippen molar-refractivity contribution in [3.63, 3.8) is 0 Å². The van der Waals surface area contributed by atoms with E-state index in [4.69, 9.17) is 9.47 Å². The number of rotatable bonds is 18. The number of nitrogens with zero attached hydrogens (tertiary/aromatic N) is 8. The van der Waals surface area contributed by atoms with E-state index in [9.17, 15) is 71.3 Å². The van der Waals surface area contributed by atoms with Gasteiger partial charge in [-0.25, -0.2) is 9.59 Å². The van der Waals surface area contributed by atoms with E-state index in [0.29, 0.717) is 10.2 Å². The lowest BCUT2D eigenvalue weighted by Crippen LogP contribution is -2.04. The molecule has 356 valence electrons. The van der Waals surface area contributed by atoms with Crippen molar-refractivity contribution in [2.75, 3.05) is 26.4 Å². The fraction of sp³-hybridized carbons (Fsp3) is 0.195. The quantitative estimate of drug-likeness (QED) is 0.0309. The summed E-state index contributed by atoms with van der Waals surface area (Å²) in [5.41, 5.74) is -2.96. The van der Waals surface area contributed by atoms with Gasteiger partial charge in [0.1, 0.15) is 52.4 Å². The first-order chi connectivity index (χ1) is 32.0. The first-order valence-corrected chi connectivity index (χ1v) is 22.3. The van der Waals surface area contributed by atoms with Gasteiger partial charge in [-0.3, -0.25) is 9.11 Å². The van der Waals surface area contributed by atoms with Gasteiger partial charge in [0.05, 0.1) is 41.2 Å². The zero-order chi connectivity index (χ0) is 49.8. The van der Waals surface area contributed by atoms with Crippen molar-refractivity contribution in [3.05, 3.63) is 94.7 Å². The van der Waals surface area contributed by atoms with Crippen molar-refractivity contribution in [1.82, 2.24) is 9.78 Å². The average molecular weight is 979 g/mol. The molecular formula is C41H38N8O17S2. The summed E-state index contributed by atoms with van der Waals surface area (Å²) in [4.78, 5) is 22.7. The molecule has 0 saturated heterocycles. The number of azo groups is 3. The number of phenolic OH excluding ortho intramolecular Hbond substituents is 1. The Balaban J connectivity index is 1.47. The van der Waals surface area contributed by atoms with Crippen LogP contribution in [-0.2, 0) is 20.2 Å². The van der Waals surface area contributed by atoms with Crippen LogP contribution in [0.5, 0.6) is 23.1 Å². The average Bonchev–Trinajstić information content (AvgIpc) is 3.60. The van der Waals surface area contributed by atoms with Crippen molar-refractivity contribution < 1.29 is 80.7 Å². The van der Waals surface area contributed by atoms with Crippen LogP contribution in [0.1, 0.15) is 50.6 Å². The molecule has 0 saturated carbocycles. The molecule has 6 rings (SSSR count). The number of aromatic carboxylic acids is 2. The Kier molecular flexibility index (Phi) is 14.6. The number of ether oxygens (including phenoxy) is 2. The number of hydrogen-bond acceptors (Lipinski definition) is 20. The Morgan fingerprint density at radius 2 is 1.26 bits per heavy atom. The van der Waals surface area contributed by atoms with E-state index < -0.39 is 90.0 Å². The van der Waals surface area contributed by atoms with E-state index in [1.165, 1.54) is 44.2 Å². The number of carbonyl (C=O) groups is 2. The van der Waals surface area contributed by atoms with Gasteiger partial charge in [-0.05, 0) is 73.7 Å². The third-order valence-corrected chi connectivity index (χ3v) is 11.5. The number of fused-ring (bicyclic) bond motifs is 1. The maximum atomic E-state index is 12.7. The molecule has 1 aromatic heterocycles. The number of carboxylic acids is 2. The van der Waals surface area contributed by atoms with Crippen molar-refractivity contribution in [2.24, 2.45) is 30.7 Å². The van der Waals surface area contributed by atoms with Crippen LogP contribution in [0.3, 0.4) is 0 Å². The van der Waals surface area contributed by atoms with E-state index in [0.717, 1.165) is 30.3 Å². The van der Waals surface area contributed by atoms with Crippen LogP contribution in [0, 0.1) is 13.8 Å². The molecule has 1 atom stereocenters. The number of aliphatic hydroxyl groups excluding tert-OH is 3. The number of benzene rings is 5. The molecule has 6 aromatic rings. The van der Waals surface area contributed by atoms with Crippen LogP contribution in [0.2, 0.25) is 0 Å². The highest BCUT2D eigenvalue weighted by molar-refractivity contribution is 7.86. The van der Waals surface area contributed by atoms with Crippen LogP contribution in [-0.4, -0.2) is 110 Å². The molecule has 0 fully saturated rings. The highest BCUT2D eigenvalue weighted by Gasteiger charge is 2.27. The summed E-state index contributed by atoms with van der Waals surface area (Å²) in [5.74, 6) is -5.15. The van der Waals surface area contributed by atoms with Gasteiger partial charge in [-0.1, -0.05) is 18.2 Å². The lowest BCUT2D eigenvalue weighted by Gasteiger charge is -2.13. The Morgan fingerprint density at radius 3 is 1.81 bits per heavy atom. The number of aromatic hydroxyl groups is 2. The molecule has 0 amide bonds. The summed E-state index contributed by atoms with van der Waals surface area (Å²) in [7, 11) is -9.91. The molecule has 27 heteroatoms. The molecule has 0 aliphatic heterocycles. The molecule has 1 heterocycles. The lowest BCUT2D eigenvalue weighted by atomic mass is 10.1. The van der Waals surface area contributed by atoms with Crippen LogP contribution in [0.4, 0.5) is 34.1 Å². The Labute approximate surface area is 383 Å². The fourth-order valence-electron chi connectivity index (χ4n) is 6.47. The minimum Gasteiger partial charge on any atom is -0.505 e. The molecule has 9 N–H and O–H groups in total. The summed E-state index contributed by atoms with van der Waals surface area (Å²) >= 11 is 0. The molecule has 68 heavy (non-hydrogen) atoms. The van der Waals surface area contributed by atoms with Gasteiger partial charge in [-0.2, -0.15) is 26.6 Å². The molecule has 0 bridgehead atoms. The van der Waals surface area contributed by atoms with Gasteiger partial charge in [0.15, 0.2) is 11.4 Å². The zero-order valence-corrected chi connectivity index (χ0v) is 37.1. The summed E-state index contributed by atoms with van der Waals surface area (Å²) < 4.78 is 81.0. The zero-order valence-electron chi connectivity index (χ0n) is 35.4. The number of aliphatic hydroxyl groups is 3. The summed E-state index contributed by atoms with van der Waals surface area (Å²) in [6, 6.07) is 13.4. The third-order valence-electron chi connectivity index (χ3n) is 9.63. The monoisotopic (exact) mass is 978 g/mol. The predicted molar refractivity (Wildman–Crippen MR) is 235 cm³/mol. The van der Waals surface area contributed by atoms with Gasteiger partial charge in [-0.15, -0.1) is 30.7 Å². The van der Waals surface area contributed by atoms with E-state index in [1.54, 1.807) is 13.0 Å². The van der Waals surface area contributed by atoms with E-state index in [-0.39, 0.29) is 80.6 Å². The van der Waals surface area contributed by atoms with Gasteiger partial charge in [0.2, 0.25) is 11.6 Å².